The Morgan fingerprint density at radius 2 is 1.65 bits per heavy atom. The van der Waals surface area contributed by atoms with Crippen molar-refractivity contribution in [2.24, 2.45) is 5.10 Å². The molecule has 0 saturated heterocycles. The Morgan fingerprint density at radius 3 is 2.47 bits per heavy atom. The number of benzene rings is 4. The maximum absolute atomic E-state index is 12.1. The number of halogens is 1. The molecule has 34 heavy (non-hydrogen) atoms. The van der Waals surface area contributed by atoms with Crippen molar-refractivity contribution < 1.29 is 14.3 Å². The summed E-state index contributed by atoms with van der Waals surface area (Å²) < 4.78 is 5.93. The third-order valence-electron chi connectivity index (χ3n) is 5.26. The van der Waals surface area contributed by atoms with E-state index in [1.165, 1.54) is 17.0 Å². The molecule has 2 N–H and O–H groups in total. The average Bonchev–Trinajstić information content (AvgIpc) is 2.86. The van der Waals surface area contributed by atoms with Gasteiger partial charge in [0.05, 0.1) is 6.21 Å². The number of carbonyl (C=O) groups is 2. The molecular weight excluding hydrogens is 450 g/mol. The van der Waals surface area contributed by atoms with Crippen molar-refractivity contribution >= 4 is 46.1 Å². The zero-order valence-corrected chi connectivity index (χ0v) is 19.2. The highest BCUT2D eigenvalue weighted by Gasteiger charge is 2.14. The van der Waals surface area contributed by atoms with Gasteiger partial charge < -0.3 is 10.1 Å². The van der Waals surface area contributed by atoms with Gasteiger partial charge in [-0.25, -0.2) is 5.43 Å². The minimum Gasteiger partial charge on any atom is -0.489 e. The summed E-state index contributed by atoms with van der Waals surface area (Å²) in [5.74, 6) is -1.00. The number of anilines is 1. The van der Waals surface area contributed by atoms with E-state index < -0.39 is 11.8 Å². The van der Waals surface area contributed by atoms with Crippen LogP contribution in [0.5, 0.6) is 5.75 Å². The Bertz CT molecular complexity index is 1360. The van der Waals surface area contributed by atoms with E-state index in [0.29, 0.717) is 28.6 Å². The first-order chi connectivity index (χ1) is 16.5. The predicted octanol–water partition coefficient (Wildman–Crippen LogP) is 5.47. The Morgan fingerprint density at radius 1 is 0.912 bits per heavy atom. The predicted molar refractivity (Wildman–Crippen MR) is 135 cm³/mol. The molecule has 0 fully saturated rings. The smallest absolute Gasteiger partial charge is 0.329 e. The normalized spacial score (nSPS) is 10.9. The summed E-state index contributed by atoms with van der Waals surface area (Å²) in [7, 11) is 0. The molecule has 170 valence electrons. The maximum Gasteiger partial charge on any atom is 0.329 e. The lowest BCUT2D eigenvalue weighted by Crippen LogP contribution is -2.32. The third kappa shape index (κ3) is 5.60. The summed E-state index contributed by atoms with van der Waals surface area (Å²) in [6, 6.07) is 26.7. The second-order valence-corrected chi connectivity index (χ2v) is 7.97. The molecule has 4 rings (SSSR count). The van der Waals surface area contributed by atoms with E-state index in [9.17, 15) is 9.59 Å². The number of fused-ring (bicyclic) bond motifs is 1. The van der Waals surface area contributed by atoms with Crippen molar-refractivity contribution in [2.75, 3.05) is 5.32 Å². The maximum atomic E-state index is 12.1. The number of carbonyl (C=O) groups excluding carboxylic acids is 2. The standard InChI is InChI=1S/C27H22ClN3O3/c1-18-24(28)10-5-11-25(18)30-26(32)27(33)31-29-16-19-12-14-22(15-13-19)34-17-21-8-4-7-20-6-2-3-9-23(20)21/h2-16H,17H2,1H3,(H,30,32)(H,31,33). The molecule has 0 unspecified atom stereocenters. The molecule has 0 atom stereocenters. The highest BCUT2D eigenvalue weighted by atomic mass is 35.5. The second kappa shape index (κ2) is 10.6. The fourth-order valence-electron chi connectivity index (χ4n) is 3.37. The summed E-state index contributed by atoms with van der Waals surface area (Å²) in [5, 5.41) is 9.21. The highest BCUT2D eigenvalue weighted by molar-refractivity contribution is 6.40. The van der Waals surface area contributed by atoms with Crippen LogP contribution in [0.15, 0.2) is 90.0 Å². The van der Waals surface area contributed by atoms with E-state index >= 15 is 0 Å². The van der Waals surface area contributed by atoms with Crippen LogP contribution in [0.25, 0.3) is 10.8 Å². The molecule has 0 heterocycles. The first-order valence-electron chi connectivity index (χ1n) is 10.6. The number of amides is 2. The van der Waals surface area contributed by atoms with Crippen LogP contribution >= 0.6 is 11.6 Å². The van der Waals surface area contributed by atoms with E-state index in [1.54, 1.807) is 25.1 Å². The monoisotopic (exact) mass is 471 g/mol. The summed E-state index contributed by atoms with van der Waals surface area (Å²) in [6.07, 6.45) is 1.45. The Balaban J connectivity index is 1.30. The van der Waals surface area contributed by atoms with Crippen LogP contribution in [0.4, 0.5) is 5.69 Å². The Kier molecular flexibility index (Phi) is 7.20. The van der Waals surface area contributed by atoms with E-state index in [4.69, 9.17) is 16.3 Å². The van der Waals surface area contributed by atoms with Gasteiger partial charge in [0.25, 0.3) is 0 Å². The molecule has 0 aliphatic carbocycles. The summed E-state index contributed by atoms with van der Waals surface area (Å²) in [4.78, 5) is 24.1. The largest absolute Gasteiger partial charge is 0.489 e. The van der Waals surface area contributed by atoms with E-state index in [1.807, 2.05) is 42.5 Å². The molecule has 6 nitrogen and oxygen atoms in total. The zero-order chi connectivity index (χ0) is 23.9. The molecule has 0 spiro atoms. The van der Waals surface area contributed by atoms with Crippen LogP contribution in [-0.4, -0.2) is 18.0 Å². The summed E-state index contributed by atoms with van der Waals surface area (Å²) in [6.45, 7) is 2.20. The molecule has 0 aliphatic rings. The lowest BCUT2D eigenvalue weighted by atomic mass is 10.1. The highest BCUT2D eigenvalue weighted by Crippen LogP contribution is 2.23. The number of hydrogen-bond acceptors (Lipinski definition) is 4. The van der Waals surface area contributed by atoms with Gasteiger partial charge in [0, 0.05) is 10.7 Å². The number of hydrogen-bond donors (Lipinski definition) is 2. The summed E-state index contributed by atoms with van der Waals surface area (Å²) in [5.41, 5.74) is 5.21. The molecule has 0 radical (unpaired) electrons. The van der Waals surface area contributed by atoms with Crippen LogP contribution in [0.3, 0.4) is 0 Å². The molecule has 0 aromatic heterocycles. The molecule has 0 aliphatic heterocycles. The molecule has 4 aromatic carbocycles. The fraction of sp³-hybridized carbons (Fsp3) is 0.0741. The van der Waals surface area contributed by atoms with Crippen LogP contribution in [-0.2, 0) is 16.2 Å². The van der Waals surface area contributed by atoms with Crippen molar-refractivity contribution in [2.45, 2.75) is 13.5 Å². The van der Waals surface area contributed by atoms with Crippen molar-refractivity contribution in [1.29, 1.82) is 0 Å². The van der Waals surface area contributed by atoms with Gasteiger partial charge in [-0.3, -0.25) is 9.59 Å². The van der Waals surface area contributed by atoms with Gasteiger partial charge >= 0.3 is 11.8 Å². The first kappa shape index (κ1) is 23.0. The van der Waals surface area contributed by atoms with Gasteiger partial charge in [-0.1, -0.05) is 60.1 Å². The third-order valence-corrected chi connectivity index (χ3v) is 5.67. The van der Waals surface area contributed by atoms with E-state index in [0.717, 1.165) is 11.1 Å². The van der Waals surface area contributed by atoms with E-state index in [2.05, 4.69) is 40.1 Å². The van der Waals surface area contributed by atoms with Crippen LogP contribution in [0.2, 0.25) is 5.02 Å². The molecule has 0 bridgehead atoms. The van der Waals surface area contributed by atoms with E-state index in [-0.39, 0.29) is 0 Å². The van der Waals surface area contributed by atoms with Crippen molar-refractivity contribution in [3.05, 3.63) is 107 Å². The van der Waals surface area contributed by atoms with Crippen LogP contribution in [0, 0.1) is 6.92 Å². The van der Waals surface area contributed by atoms with Gasteiger partial charge in [-0.2, -0.15) is 5.10 Å². The fourth-order valence-corrected chi connectivity index (χ4v) is 3.54. The zero-order valence-electron chi connectivity index (χ0n) is 18.4. The van der Waals surface area contributed by atoms with Gasteiger partial charge in [0.2, 0.25) is 0 Å². The van der Waals surface area contributed by atoms with Gasteiger partial charge in [-0.05, 0) is 70.8 Å². The van der Waals surface area contributed by atoms with Gasteiger partial charge in [0.15, 0.2) is 0 Å². The SMILES string of the molecule is Cc1c(Cl)cccc1NC(=O)C(=O)NN=Cc1ccc(OCc2cccc3ccccc23)cc1. The quantitative estimate of drug-likeness (QED) is 0.222. The average molecular weight is 472 g/mol. The number of hydrazone groups is 1. The van der Waals surface area contributed by atoms with Gasteiger partial charge in [-0.15, -0.1) is 0 Å². The molecule has 7 heteroatoms. The van der Waals surface area contributed by atoms with Crippen molar-refractivity contribution in [1.82, 2.24) is 5.43 Å². The Labute approximate surface area is 202 Å². The lowest BCUT2D eigenvalue weighted by molar-refractivity contribution is -0.136. The molecule has 2 amide bonds. The topological polar surface area (TPSA) is 79.8 Å². The minimum atomic E-state index is -0.884. The summed E-state index contributed by atoms with van der Waals surface area (Å²) >= 11 is 6.03. The number of nitrogens with one attached hydrogen (secondary N) is 2. The number of ether oxygens (including phenoxy) is 1. The lowest BCUT2D eigenvalue weighted by Gasteiger charge is -2.09. The minimum absolute atomic E-state index is 0.450. The first-order valence-corrected chi connectivity index (χ1v) is 11.0. The van der Waals surface area contributed by atoms with Crippen molar-refractivity contribution in [3.8, 4) is 5.75 Å². The molecule has 4 aromatic rings. The molecule has 0 saturated carbocycles. The number of rotatable bonds is 6. The van der Waals surface area contributed by atoms with Crippen LogP contribution in [0.1, 0.15) is 16.7 Å². The van der Waals surface area contributed by atoms with Crippen molar-refractivity contribution in [3.63, 3.8) is 0 Å². The Hall–Kier alpha value is -4.16. The van der Waals surface area contributed by atoms with Gasteiger partial charge in [0.1, 0.15) is 12.4 Å². The number of nitrogens with zero attached hydrogens (tertiary/aromatic N) is 1. The molecular formula is C27H22ClN3O3. The second-order valence-electron chi connectivity index (χ2n) is 7.56. The van der Waals surface area contributed by atoms with Crippen LogP contribution < -0.4 is 15.5 Å².